The quantitative estimate of drug-likeness (QED) is 0.719. The first kappa shape index (κ1) is 21.2. The maximum absolute atomic E-state index is 12.2. The van der Waals surface area contributed by atoms with Gasteiger partial charge in [-0.3, -0.25) is 0 Å². The normalized spacial score (nSPS) is 24.9. The predicted molar refractivity (Wildman–Crippen MR) is 95.2 cm³/mol. The van der Waals surface area contributed by atoms with E-state index in [1.54, 1.807) is 11.9 Å². The Balaban J connectivity index is 2.42. The second kappa shape index (κ2) is 9.02. The third kappa shape index (κ3) is 7.36. The average molecular weight is 344 g/mol. The predicted octanol–water partition coefficient (Wildman–Crippen LogP) is 2.50. The van der Waals surface area contributed by atoms with Crippen LogP contribution in [0.5, 0.6) is 0 Å². The summed E-state index contributed by atoms with van der Waals surface area (Å²) in [4.78, 5) is 16.0. The first-order valence-corrected chi connectivity index (χ1v) is 9.01. The lowest BCUT2D eigenvalue weighted by atomic mass is 9.81. The molecule has 0 aromatic rings. The van der Waals surface area contributed by atoms with Gasteiger partial charge in [-0.05, 0) is 60.4 Å². The van der Waals surface area contributed by atoms with E-state index in [-0.39, 0.29) is 12.1 Å². The van der Waals surface area contributed by atoms with Gasteiger partial charge in [0.2, 0.25) is 0 Å². The summed E-state index contributed by atoms with van der Waals surface area (Å²) in [5, 5.41) is 10.8. The standard InChI is InChI=1S/C18H36N2O4/c1-7-23-13-12-19(5)14-18(22)10-8-15(9-11-18)20(6)16(21)24-17(2,3)4/h15,22H,7-14H2,1-6H3. The largest absolute Gasteiger partial charge is 0.444 e. The van der Waals surface area contributed by atoms with Crippen molar-refractivity contribution in [3.8, 4) is 0 Å². The van der Waals surface area contributed by atoms with Crippen LogP contribution in [0.25, 0.3) is 0 Å². The number of hydrogen-bond donors (Lipinski definition) is 1. The van der Waals surface area contributed by atoms with Crippen molar-refractivity contribution in [3.05, 3.63) is 0 Å². The average Bonchev–Trinajstić information content (AvgIpc) is 2.45. The van der Waals surface area contributed by atoms with Gasteiger partial charge < -0.3 is 24.4 Å². The lowest BCUT2D eigenvalue weighted by Gasteiger charge is -2.41. The highest BCUT2D eigenvalue weighted by atomic mass is 16.6. The van der Waals surface area contributed by atoms with Crippen LogP contribution >= 0.6 is 0 Å². The van der Waals surface area contributed by atoms with Crippen LogP contribution in [0.1, 0.15) is 53.4 Å². The zero-order valence-corrected chi connectivity index (χ0v) is 16.3. The minimum atomic E-state index is -0.674. The number of ether oxygens (including phenoxy) is 2. The van der Waals surface area contributed by atoms with Gasteiger partial charge in [-0.1, -0.05) is 0 Å². The zero-order chi connectivity index (χ0) is 18.4. The second-order valence-corrected chi connectivity index (χ2v) is 7.98. The van der Waals surface area contributed by atoms with E-state index in [0.717, 1.165) is 26.0 Å². The number of amides is 1. The molecule has 1 rings (SSSR count). The van der Waals surface area contributed by atoms with Crippen molar-refractivity contribution in [2.24, 2.45) is 0 Å². The molecule has 1 fully saturated rings. The highest BCUT2D eigenvalue weighted by Gasteiger charge is 2.37. The maximum atomic E-state index is 12.2. The summed E-state index contributed by atoms with van der Waals surface area (Å²) < 4.78 is 10.8. The Morgan fingerprint density at radius 3 is 2.33 bits per heavy atom. The Bertz CT molecular complexity index is 387. The molecule has 0 aliphatic heterocycles. The molecule has 0 radical (unpaired) electrons. The van der Waals surface area contributed by atoms with Crippen molar-refractivity contribution in [2.45, 2.75) is 70.6 Å². The van der Waals surface area contributed by atoms with E-state index in [2.05, 4.69) is 4.90 Å². The van der Waals surface area contributed by atoms with Gasteiger partial charge >= 0.3 is 6.09 Å². The Hall–Kier alpha value is -0.850. The molecule has 6 nitrogen and oxygen atoms in total. The lowest BCUT2D eigenvalue weighted by Crippen LogP contribution is -2.49. The molecule has 0 atom stereocenters. The fourth-order valence-electron chi connectivity index (χ4n) is 3.11. The number of carbonyl (C=O) groups is 1. The number of rotatable bonds is 7. The van der Waals surface area contributed by atoms with Crippen molar-refractivity contribution in [1.29, 1.82) is 0 Å². The van der Waals surface area contributed by atoms with E-state index in [0.29, 0.717) is 26.0 Å². The fraction of sp³-hybridized carbons (Fsp3) is 0.944. The van der Waals surface area contributed by atoms with E-state index in [9.17, 15) is 9.90 Å². The number of hydrogen-bond acceptors (Lipinski definition) is 5. The fourth-order valence-corrected chi connectivity index (χ4v) is 3.11. The van der Waals surface area contributed by atoms with Crippen LogP contribution in [0.15, 0.2) is 0 Å². The van der Waals surface area contributed by atoms with E-state index >= 15 is 0 Å². The summed E-state index contributed by atoms with van der Waals surface area (Å²) in [6, 6.07) is 0.133. The molecule has 0 heterocycles. The molecule has 0 aromatic carbocycles. The summed E-state index contributed by atoms with van der Waals surface area (Å²) in [7, 11) is 3.80. The third-order valence-electron chi connectivity index (χ3n) is 4.50. The summed E-state index contributed by atoms with van der Waals surface area (Å²) >= 11 is 0. The van der Waals surface area contributed by atoms with Crippen molar-refractivity contribution < 1.29 is 19.4 Å². The van der Waals surface area contributed by atoms with E-state index < -0.39 is 11.2 Å². The smallest absolute Gasteiger partial charge is 0.410 e. The third-order valence-corrected chi connectivity index (χ3v) is 4.50. The van der Waals surface area contributed by atoms with Gasteiger partial charge in [0, 0.05) is 32.8 Å². The van der Waals surface area contributed by atoms with E-state index in [1.165, 1.54) is 0 Å². The molecule has 1 N–H and O–H groups in total. The van der Waals surface area contributed by atoms with Crippen molar-refractivity contribution >= 4 is 6.09 Å². The van der Waals surface area contributed by atoms with Gasteiger partial charge in [-0.25, -0.2) is 4.79 Å². The topological polar surface area (TPSA) is 62.2 Å². The van der Waals surface area contributed by atoms with Gasteiger partial charge in [0.15, 0.2) is 0 Å². The highest BCUT2D eigenvalue weighted by molar-refractivity contribution is 5.68. The van der Waals surface area contributed by atoms with Crippen molar-refractivity contribution in [3.63, 3.8) is 0 Å². The molecular formula is C18H36N2O4. The molecule has 0 unspecified atom stereocenters. The van der Waals surface area contributed by atoms with Crippen LogP contribution < -0.4 is 0 Å². The first-order valence-electron chi connectivity index (χ1n) is 9.01. The molecule has 6 heteroatoms. The Labute approximate surface area is 147 Å². The summed E-state index contributed by atoms with van der Waals surface area (Å²) in [6.45, 7) is 10.5. The van der Waals surface area contributed by atoms with Crippen LogP contribution in [-0.4, -0.2) is 78.6 Å². The van der Waals surface area contributed by atoms with Crippen LogP contribution in [-0.2, 0) is 9.47 Å². The van der Waals surface area contributed by atoms with Crippen LogP contribution in [0.2, 0.25) is 0 Å². The monoisotopic (exact) mass is 344 g/mol. The molecule has 0 spiro atoms. The van der Waals surface area contributed by atoms with E-state index in [4.69, 9.17) is 9.47 Å². The Morgan fingerprint density at radius 2 is 1.83 bits per heavy atom. The molecule has 0 bridgehead atoms. The second-order valence-electron chi connectivity index (χ2n) is 7.98. The highest BCUT2D eigenvalue weighted by Crippen LogP contribution is 2.31. The number of likely N-dealkylation sites (N-methyl/N-ethyl adjacent to an activating group) is 1. The molecule has 1 aliphatic rings. The molecule has 1 saturated carbocycles. The molecule has 1 aliphatic carbocycles. The van der Waals surface area contributed by atoms with Gasteiger partial charge in [-0.15, -0.1) is 0 Å². The van der Waals surface area contributed by atoms with Gasteiger partial charge in [0.05, 0.1) is 12.2 Å². The molecular weight excluding hydrogens is 308 g/mol. The first-order chi connectivity index (χ1) is 11.1. The summed E-state index contributed by atoms with van der Waals surface area (Å²) in [6.07, 6.45) is 2.71. The van der Waals surface area contributed by atoms with Crippen LogP contribution in [0.3, 0.4) is 0 Å². The lowest BCUT2D eigenvalue weighted by molar-refractivity contribution is -0.0442. The number of nitrogens with zero attached hydrogens (tertiary/aromatic N) is 2. The number of aliphatic hydroxyl groups is 1. The SMILES string of the molecule is CCOCCN(C)CC1(O)CCC(N(C)C(=O)OC(C)(C)C)CC1. The van der Waals surface area contributed by atoms with Gasteiger partial charge in [0.1, 0.15) is 5.60 Å². The van der Waals surface area contributed by atoms with Crippen molar-refractivity contribution in [1.82, 2.24) is 9.80 Å². The van der Waals surface area contributed by atoms with Gasteiger partial charge in [-0.2, -0.15) is 0 Å². The summed E-state index contributed by atoms with van der Waals surface area (Å²) in [5.74, 6) is 0. The Kier molecular flexibility index (Phi) is 7.96. The van der Waals surface area contributed by atoms with Crippen LogP contribution in [0.4, 0.5) is 4.79 Å². The molecule has 1 amide bonds. The summed E-state index contributed by atoms with van der Waals surface area (Å²) in [5.41, 5.74) is -1.16. The molecule has 24 heavy (non-hydrogen) atoms. The minimum Gasteiger partial charge on any atom is -0.444 e. The minimum absolute atomic E-state index is 0.133. The molecule has 0 aromatic heterocycles. The Morgan fingerprint density at radius 1 is 1.25 bits per heavy atom. The molecule has 142 valence electrons. The van der Waals surface area contributed by atoms with Crippen molar-refractivity contribution in [2.75, 3.05) is 40.4 Å². The molecule has 0 saturated heterocycles. The van der Waals surface area contributed by atoms with Crippen LogP contribution in [0, 0.1) is 0 Å². The maximum Gasteiger partial charge on any atom is 0.410 e. The van der Waals surface area contributed by atoms with E-state index in [1.807, 2.05) is 34.7 Å². The van der Waals surface area contributed by atoms with Gasteiger partial charge in [0.25, 0.3) is 0 Å². The number of carbonyl (C=O) groups excluding carboxylic acids is 1. The zero-order valence-electron chi connectivity index (χ0n) is 16.3.